The molecule has 2 aromatic carbocycles. The topological polar surface area (TPSA) is 70.1 Å². The molecule has 6 nitrogen and oxygen atoms in total. The second-order valence-electron chi connectivity index (χ2n) is 11.0. The van der Waals surface area contributed by atoms with Gasteiger partial charge in [0.1, 0.15) is 5.75 Å². The van der Waals surface area contributed by atoms with Crippen molar-refractivity contribution in [1.82, 2.24) is 4.90 Å². The summed E-state index contributed by atoms with van der Waals surface area (Å²) in [4.78, 5) is 29.1. The molecule has 1 N–H and O–H groups in total. The number of rotatable bonds is 1. The lowest BCUT2D eigenvalue weighted by molar-refractivity contribution is -0.139. The molecule has 38 heavy (non-hydrogen) atoms. The van der Waals surface area contributed by atoms with Crippen LogP contribution in [0.3, 0.4) is 0 Å². The third-order valence-corrected chi connectivity index (χ3v) is 8.66. The van der Waals surface area contributed by atoms with Gasteiger partial charge in [-0.1, -0.05) is 35.9 Å². The Balaban J connectivity index is 1.52. The van der Waals surface area contributed by atoms with Gasteiger partial charge >= 0.3 is 5.97 Å². The second kappa shape index (κ2) is 11.4. The summed E-state index contributed by atoms with van der Waals surface area (Å²) in [5, 5.41) is 10.9. The van der Waals surface area contributed by atoms with Crippen LogP contribution in [0.15, 0.2) is 48.6 Å². The summed E-state index contributed by atoms with van der Waals surface area (Å²) in [5.74, 6) is -0.895. The number of amides is 1. The normalized spacial score (nSPS) is 25.3. The van der Waals surface area contributed by atoms with Crippen LogP contribution in [-0.4, -0.2) is 55.2 Å². The summed E-state index contributed by atoms with van der Waals surface area (Å²) in [6, 6.07) is 12.1. The molecule has 1 spiro atoms. The molecular formula is C31H37ClN2O4. The van der Waals surface area contributed by atoms with E-state index < -0.39 is 11.9 Å². The first-order valence-corrected chi connectivity index (χ1v) is 14.2. The van der Waals surface area contributed by atoms with Gasteiger partial charge in [0.05, 0.1) is 18.2 Å². The molecule has 2 aliphatic heterocycles. The van der Waals surface area contributed by atoms with Crippen LogP contribution < -0.4 is 9.64 Å². The van der Waals surface area contributed by atoms with Crippen LogP contribution in [0.4, 0.5) is 5.69 Å². The number of benzene rings is 2. The molecule has 0 radical (unpaired) electrons. The van der Waals surface area contributed by atoms with E-state index in [0.717, 1.165) is 73.6 Å². The number of allylic oxidation sites excluding steroid dienone is 1. The third-order valence-electron chi connectivity index (χ3n) is 8.43. The molecule has 2 heterocycles. The number of halogens is 1. The molecule has 202 valence electrons. The number of ether oxygens (including phenoxy) is 1. The largest absolute Gasteiger partial charge is 0.490 e. The van der Waals surface area contributed by atoms with E-state index in [9.17, 15) is 14.7 Å². The molecule has 1 aliphatic carbocycles. The summed E-state index contributed by atoms with van der Waals surface area (Å²) in [5.41, 5.74) is 4.15. The van der Waals surface area contributed by atoms with Crippen LogP contribution in [0.2, 0.25) is 5.02 Å². The zero-order valence-corrected chi connectivity index (χ0v) is 22.9. The molecule has 2 aromatic rings. The molecule has 0 saturated heterocycles. The minimum atomic E-state index is -0.905. The maximum Gasteiger partial charge on any atom is 0.310 e. The van der Waals surface area contributed by atoms with Crippen LogP contribution in [0.25, 0.3) is 0 Å². The fraction of sp³-hybridized carbons (Fsp3) is 0.484. The predicted octanol–water partition coefficient (Wildman–Crippen LogP) is 5.96. The Morgan fingerprint density at radius 3 is 2.82 bits per heavy atom. The Morgan fingerprint density at radius 2 is 1.97 bits per heavy atom. The summed E-state index contributed by atoms with van der Waals surface area (Å²) < 4.78 is 6.53. The highest BCUT2D eigenvalue weighted by Crippen LogP contribution is 2.45. The number of carbonyl (C=O) groups is 2. The van der Waals surface area contributed by atoms with E-state index in [2.05, 4.69) is 23.1 Å². The summed E-state index contributed by atoms with van der Waals surface area (Å²) in [6.45, 7) is 2.81. The van der Waals surface area contributed by atoms with Crippen molar-refractivity contribution in [3.63, 3.8) is 0 Å². The number of likely N-dealkylation sites (N-methyl/N-ethyl adjacent to an activating group) is 1. The number of carboxylic acids is 1. The van der Waals surface area contributed by atoms with Crippen molar-refractivity contribution >= 4 is 29.2 Å². The van der Waals surface area contributed by atoms with Crippen molar-refractivity contribution in [2.24, 2.45) is 0 Å². The number of aryl methyl sites for hydroxylation is 1. The predicted molar refractivity (Wildman–Crippen MR) is 150 cm³/mol. The molecular weight excluding hydrogens is 500 g/mol. The first-order valence-electron chi connectivity index (χ1n) is 13.8. The molecule has 0 aromatic heterocycles. The molecule has 0 fully saturated rings. The first kappa shape index (κ1) is 26.6. The maximum absolute atomic E-state index is 12.7. The maximum atomic E-state index is 12.7. The van der Waals surface area contributed by atoms with Crippen LogP contribution in [0, 0.1) is 0 Å². The molecule has 1 amide bonds. The SMILES string of the molecule is CN1C/C=C\CCCCN2C[C@@]3(CCCc4cc(Cl)ccc43)COc3ccc(cc32)[C@H](C(=O)O)CCC1=O. The number of carbonyl (C=O) groups excluding carboxylic acids is 1. The second-order valence-corrected chi connectivity index (χ2v) is 11.5. The zero-order valence-electron chi connectivity index (χ0n) is 22.1. The first-order chi connectivity index (χ1) is 18.4. The molecule has 5 rings (SSSR count). The highest BCUT2D eigenvalue weighted by molar-refractivity contribution is 6.30. The van der Waals surface area contributed by atoms with E-state index in [1.807, 2.05) is 30.3 Å². The Kier molecular flexibility index (Phi) is 7.98. The number of anilines is 1. The Hall–Kier alpha value is -2.99. The van der Waals surface area contributed by atoms with Crippen LogP contribution in [0.5, 0.6) is 5.75 Å². The summed E-state index contributed by atoms with van der Waals surface area (Å²) in [6.07, 6.45) is 10.8. The zero-order chi connectivity index (χ0) is 26.7. The van der Waals surface area contributed by atoms with Gasteiger partial charge in [-0.05, 0) is 85.9 Å². The van der Waals surface area contributed by atoms with E-state index in [-0.39, 0.29) is 24.2 Å². The van der Waals surface area contributed by atoms with Crippen LogP contribution in [-0.2, 0) is 21.4 Å². The van der Waals surface area contributed by atoms with Gasteiger partial charge in [-0.15, -0.1) is 0 Å². The molecule has 7 heteroatoms. The number of fused-ring (bicyclic) bond motifs is 3. The van der Waals surface area contributed by atoms with Gasteiger partial charge in [-0.25, -0.2) is 0 Å². The van der Waals surface area contributed by atoms with Crippen molar-refractivity contribution in [3.05, 3.63) is 70.3 Å². The van der Waals surface area contributed by atoms with E-state index in [4.69, 9.17) is 16.3 Å². The summed E-state index contributed by atoms with van der Waals surface area (Å²) in [7, 11) is 1.77. The Morgan fingerprint density at radius 1 is 1.11 bits per heavy atom. The number of hydrogen-bond donors (Lipinski definition) is 1. The minimum absolute atomic E-state index is 0.0364. The number of aliphatic carboxylic acids is 1. The fourth-order valence-corrected chi connectivity index (χ4v) is 6.49. The fourth-order valence-electron chi connectivity index (χ4n) is 6.29. The van der Waals surface area contributed by atoms with Gasteiger partial charge in [0, 0.05) is 43.5 Å². The molecule has 0 unspecified atom stereocenters. The van der Waals surface area contributed by atoms with E-state index in [1.165, 1.54) is 11.1 Å². The lowest BCUT2D eigenvalue weighted by Gasteiger charge is -2.41. The number of hydrogen-bond acceptors (Lipinski definition) is 4. The van der Waals surface area contributed by atoms with E-state index in [0.29, 0.717) is 13.2 Å². The minimum Gasteiger partial charge on any atom is -0.490 e. The summed E-state index contributed by atoms with van der Waals surface area (Å²) >= 11 is 6.36. The van der Waals surface area contributed by atoms with Gasteiger partial charge in [0.15, 0.2) is 0 Å². The number of carboxylic acid groups (broad SMARTS) is 1. The molecule has 2 bridgehead atoms. The van der Waals surface area contributed by atoms with Crippen LogP contribution in [0.1, 0.15) is 67.6 Å². The van der Waals surface area contributed by atoms with Gasteiger partial charge in [0.2, 0.25) is 5.91 Å². The standard InChI is InChI=1S/C31H37ClN2O4/c1-33-16-5-3-2-4-6-17-34-20-31(15-7-8-23-18-24(32)10-12-26(23)31)21-38-28-13-9-22(19-27(28)34)25(30(36)37)11-14-29(33)35/h3,5,9-10,12-13,18-19,25H,2,4,6-8,11,14-17,20-21H2,1H3,(H,36,37)/b5-3-/t25-,31+/m1/s1. The van der Waals surface area contributed by atoms with Crippen molar-refractivity contribution in [3.8, 4) is 5.75 Å². The van der Waals surface area contributed by atoms with Gasteiger partial charge in [0.25, 0.3) is 0 Å². The third kappa shape index (κ3) is 5.56. The Labute approximate surface area is 230 Å². The smallest absolute Gasteiger partial charge is 0.310 e. The average molecular weight is 537 g/mol. The van der Waals surface area contributed by atoms with Crippen molar-refractivity contribution < 1.29 is 19.4 Å². The van der Waals surface area contributed by atoms with Gasteiger partial charge < -0.3 is 19.6 Å². The highest BCUT2D eigenvalue weighted by Gasteiger charge is 2.41. The molecule has 2 atom stereocenters. The van der Waals surface area contributed by atoms with E-state index in [1.54, 1.807) is 11.9 Å². The van der Waals surface area contributed by atoms with Gasteiger partial charge in [-0.3, -0.25) is 9.59 Å². The monoisotopic (exact) mass is 536 g/mol. The van der Waals surface area contributed by atoms with Crippen LogP contribution >= 0.6 is 11.6 Å². The van der Waals surface area contributed by atoms with E-state index >= 15 is 0 Å². The van der Waals surface area contributed by atoms with Crippen molar-refractivity contribution in [2.75, 3.05) is 38.2 Å². The quantitative estimate of drug-likeness (QED) is 0.455. The molecule has 3 aliphatic rings. The molecule has 0 saturated carbocycles. The van der Waals surface area contributed by atoms with Crippen molar-refractivity contribution in [1.29, 1.82) is 0 Å². The van der Waals surface area contributed by atoms with Gasteiger partial charge in [-0.2, -0.15) is 0 Å². The highest BCUT2D eigenvalue weighted by atomic mass is 35.5. The number of nitrogens with zero attached hydrogens (tertiary/aromatic N) is 2. The lowest BCUT2D eigenvalue weighted by atomic mass is 9.70. The average Bonchev–Trinajstić information content (AvgIpc) is 3.04. The van der Waals surface area contributed by atoms with Crippen molar-refractivity contribution in [2.45, 2.75) is 62.7 Å². The lowest BCUT2D eigenvalue weighted by Crippen LogP contribution is -2.46. The Bertz CT molecular complexity index is 1230.